The Morgan fingerprint density at radius 1 is 1.33 bits per heavy atom. The van der Waals surface area contributed by atoms with Gasteiger partial charge in [-0.2, -0.15) is 0 Å². The van der Waals surface area contributed by atoms with Crippen LogP contribution in [0.3, 0.4) is 0 Å². The fourth-order valence-electron chi connectivity index (χ4n) is 2.16. The van der Waals surface area contributed by atoms with Crippen LogP contribution in [0.15, 0.2) is 24.3 Å². The molecule has 1 aromatic rings. The van der Waals surface area contributed by atoms with Gasteiger partial charge in [-0.15, -0.1) is 0 Å². The third-order valence-electron chi connectivity index (χ3n) is 3.51. The molecular weight excluding hydrogens is 226 g/mol. The summed E-state index contributed by atoms with van der Waals surface area (Å²) in [6.45, 7) is 4.47. The summed E-state index contributed by atoms with van der Waals surface area (Å²) < 4.78 is 0. The molecule has 1 atom stereocenters. The van der Waals surface area contributed by atoms with E-state index in [1.54, 1.807) is 0 Å². The Morgan fingerprint density at radius 3 is 2.61 bits per heavy atom. The van der Waals surface area contributed by atoms with Gasteiger partial charge >= 0.3 is 5.97 Å². The molecule has 0 radical (unpaired) electrons. The van der Waals surface area contributed by atoms with Crippen LogP contribution in [0.25, 0.3) is 0 Å². The van der Waals surface area contributed by atoms with E-state index in [-0.39, 0.29) is 0 Å². The summed E-state index contributed by atoms with van der Waals surface area (Å²) in [5.41, 5.74) is 6.65. The predicted molar refractivity (Wildman–Crippen MR) is 73.7 cm³/mol. The molecule has 0 saturated carbocycles. The first-order chi connectivity index (χ1) is 8.50. The molecule has 0 fully saturated rings. The average Bonchev–Trinajstić information content (AvgIpc) is 2.34. The van der Waals surface area contributed by atoms with Crippen molar-refractivity contribution in [1.82, 2.24) is 0 Å². The zero-order valence-corrected chi connectivity index (χ0v) is 11.3. The number of aliphatic carboxylic acids is 1. The molecule has 100 valence electrons. The summed E-state index contributed by atoms with van der Waals surface area (Å²) in [6, 6.07) is 7.78. The number of hydrogen-bond acceptors (Lipinski definition) is 2. The number of hydrogen-bond donors (Lipinski definition) is 2. The maximum absolute atomic E-state index is 11.6. The number of carbonyl (C=O) groups is 1. The second-order valence-corrected chi connectivity index (χ2v) is 5.11. The topological polar surface area (TPSA) is 63.3 Å². The van der Waals surface area contributed by atoms with Crippen molar-refractivity contribution in [3.8, 4) is 0 Å². The monoisotopic (exact) mass is 249 g/mol. The molecule has 0 aromatic heterocycles. The van der Waals surface area contributed by atoms with Gasteiger partial charge in [0.25, 0.3) is 0 Å². The lowest BCUT2D eigenvalue weighted by molar-refractivity contribution is -0.143. The summed E-state index contributed by atoms with van der Waals surface area (Å²) in [6.07, 6.45) is 3.51. The van der Waals surface area contributed by atoms with Crippen LogP contribution in [0, 0.1) is 6.92 Å². The Hall–Kier alpha value is -1.35. The maximum atomic E-state index is 11.6. The minimum absolute atomic E-state index is 0.659. The third-order valence-corrected chi connectivity index (χ3v) is 3.51. The van der Waals surface area contributed by atoms with Crippen molar-refractivity contribution in [2.75, 3.05) is 6.54 Å². The van der Waals surface area contributed by atoms with Gasteiger partial charge in [-0.1, -0.05) is 42.7 Å². The molecule has 3 heteroatoms. The van der Waals surface area contributed by atoms with E-state index in [9.17, 15) is 9.90 Å². The molecule has 0 aliphatic rings. The van der Waals surface area contributed by atoms with Crippen LogP contribution < -0.4 is 5.73 Å². The minimum Gasteiger partial charge on any atom is -0.481 e. The van der Waals surface area contributed by atoms with E-state index in [4.69, 9.17) is 5.73 Å². The summed E-state index contributed by atoms with van der Waals surface area (Å²) in [4.78, 5) is 11.6. The Kier molecular flexibility index (Phi) is 5.35. The van der Waals surface area contributed by atoms with Crippen LogP contribution in [0.5, 0.6) is 0 Å². The smallest absolute Gasteiger partial charge is 0.313 e. The molecule has 0 bridgehead atoms. The molecule has 0 heterocycles. The van der Waals surface area contributed by atoms with E-state index in [2.05, 4.69) is 0 Å². The first kappa shape index (κ1) is 14.7. The van der Waals surface area contributed by atoms with Crippen LogP contribution >= 0.6 is 0 Å². The molecule has 3 N–H and O–H groups in total. The highest BCUT2D eigenvalue weighted by Gasteiger charge is 2.34. The van der Waals surface area contributed by atoms with Crippen molar-refractivity contribution in [3.05, 3.63) is 35.4 Å². The molecule has 1 unspecified atom stereocenters. The van der Waals surface area contributed by atoms with E-state index in [0.717, 1.165) is 30.4 Å². The number of unbranched alkanes of at least 4 members (excludes halogenated alkanes) is 2. The molecule has 1 aromatic carbocycles. The van der Waals surface area contributed by atoms with Crippen LogP contribution in [-0.4, -0.2) is 17.6 Å². The molecule has 0 amide bonds. The van der Waals surface area contributed by atoms with E-state index >= 15 is 0 Å². The molecule has 18 heavy (non-hydrogen) atoms. The molecule has 0 aliphatic carbocycles. The van der Waals surface area contributed by atoms with Crippen molar-refractivity contribution in [3.63, 3.8) is 0 Å². The molecule has 1 rings (SSSR count). The number of rotatable bonds is 7. The van der Waals surface area contributed by atoms with Crippen molar-refractivity contribution in [2.24, 2.45) is 5.73 Å². The predicted octanol–water partition coefficient (Wildman–Crippen LogP) is 2.86. The number of benzene rings is 1. The minimum atomic E-state index is -0.791. The van der Waals surface area contributed by atoms with Crippen LogP contribution in [0.1, 0.15) is 43.7 Å². The molecule has 0 spiro atoms. The van der Waals surface area contributed by atoms with Crippen LogP contribution in [0.4, 0.5) is 0 Å². The van der Waals surface area contributed by atoms with Gasteiger partial charge in [-0.3, -0.25) is 4.79 Å². The SMILES string of the molecule is Cc1cccc(C(C)(CCCCCN)C(=O)O)c1. The lowest BCUT2D eigenvalue weighted by atomic mass is 9.77. The van der Waals surface area contributed by atoms with Crippen molar-refractivity contribution >= 4 is 5.97 Å². The summed E-state index contributed by atoms with van der Waals surface area (Å²) in [5.74, 6) is -0.749. The normalized spacial score (nSPS) is 14.2. The Labute approximate surface area is 109 Å². The third kappa shape index (κ3) is 3.57. The zero-order chi connectivity index (χ0) is 13.6. The van der Waals surface area contributed by atoms with Gasteiger partial charge in [0.2, 0.25) is 0 Å². The second kappa shape index (κ2) is 6.55. The van der Waals surface area contributed by atoms with Crippen LogP contribution in [-0.2, 0) is 10.2 Å². The van der Waals surface area contributed by atoms with Crippen molar-refractivity contribution in [1.29, 1.82) is 0 Å². The number of nitrogens with two attached hydrogens (primary N) is 1. The number of carboxylic acid groups (broad SMARTS) is 1. The fourth-order valence-corrected chi connectivity index (χ4v) is 2.16. The van der Waals surface area contributed by atoms with Gasteiger partial charge in [-0.25, -0.2) is 0 Å². The molecule has 0 aliphatic heterocycles. The summed E-state index contributed by atoms with van der Waals surface area (Å²) in [7, 11) is 0. The molecular formula is C15H23NO2. The van der Waals surface area contributed by atoms with Crippen molar-refractivity contribution < 1.29 is 9.90 Å². The van der Waals surface area contributed by atoms with Crippen molar-refractivity contribution in [2.45, 2.75) is 44.9 Å². The molecule has 3 nitrogen and oxygen atoms in total. The lowest BCUT2D eigenvalue weighted by Gasteiger charge is -2.25. The largest absolute Gasteiger partial charge is 0.481 e. The van der Waals surface area contributed by atoms with Gasteiger partial charge < -0.3 is 10.8 Å². The summed E-state index contributed by atoms with van der Waals surface area (Å²) >= 11 is 0. The fraction of sp³-hybridized carbons (Fsp3) is 0.533. The quantitative estimate of drug-likeness (QED) is 0.730. The zero-order valence-electron chi connectivity index (χ0n) is 11.3. The lowest BCUT2D eigenvalue weighted by Crippen LogP contribution is -2.32. The first-order valence-corrected chi connectivity index (χ1v) is 6.51. The number of carboxylic acids is 1. The van der Waals surface area contributed by atoms with Gasteiger partial charge in [-0.05, 0) is 38.8 Å². The Balaban J connectivity index is 2.83. The van der Waals surface area contributed by atoms with Gasteiger partial charge in [0.05, 0.1) is 5.41 Å². The van der Waals surface area contributed by atoms with E-state index in [1.165, 1.54) is 0 Å². The van der Waals surface area contributed by atoms with Gasteiger partial charge in [0.1, 0.15) is 0 Å². The average molecular weight is 249 g/mol. The van der Waals surface area contributed by atoms with E-state index in [0.29, 0.717) is 13.0 Å². The molecule has 0 saturated heterocycles. The summed E-state index contributed by atoms with van der Waals surface area (Å²) in [5, 5.41) is 9.51. The highest BCUT2D eigenvalue weighted by Crippen LogP contribution is 2.30. The standard InChI is InChI=1S/C15H23NO2/c1-12-7-6-8-13(11-12)15(2,14(17)18)9-4-3-5-10-16/h6-8,11H,3-5,9-10,16H2,1-2H3,(H,17,18). The Morgan fingerprint density at radius 2 is 2.06 bits per heavy atom. The first-order valence-electron chi connectivity index (χ1n) is 6.51. The number of aryl methyl sites for hydroxylation is 1. The highest BCUT2D eigenvalue weighted by molar-refractivity contribution is 5.80. The Bertz CT molecular complexity index is 403. The van der Waals surface area contributed by atoms with Crippen LogP contribution in [0.2, 0.25) is 0 Å². The van der Waals surface area contributed by atoms with Gasteiger partial charge in [0.15, 0.2) is 0 Å². The second-order valence-electron chi connectivity index (χ2n) is 5.11. The van der Waals surface area contributed by atoms with E-state index in [1.807, 2.05) is 38.1 Å². The maximum Gasteiger partial charge on any atom is 0.313 e. The van der Waals surface area contributed by atoms with Gasteiger partial charge in [0, 0.05) is 0 Å². The highest BCUT2D eigenvalue weighted by atomic mass is 16.4. The van der Waals surface area contributed by atoms with E-state index < -0.39 is 11.4 Å².